The van der Waals surface area contributed by atoms with Crippen LogP contribution in [0.5, 0.6) is 0 Å². The van der Waals surface area contributed by atoms with Crippen LogP contribution in [-0.4, -0.2) is 38.3 Å². The zero-order valence-electron chi connectivity index (χ0n) is 17.0. The fraction of sp³-hybridized carbons (Fsp3) is 0.476. The van der Waals surface area contributed by atoms with Crippen molar-refractivity contribution < 1.29 is 5.11 Å². The van der Waals surface area contributed by atoms with Crippen LogP contribution in [-0.2, 0) is 6.42 Å². The van der Waals surface area contributed by atoms with Gasteiger partial charge >= 0.3 is 0 Å². The first-order chi connectivity index (χ1) is 12.9. The molecule has 3 aromatic heterocycles. The average molecular weight is 367 g/mol. The molecule has 0 aromatic carbocycles. The van der Waals surface area contributed by atoms with E-state index in [0.717, 1.165) is 51.6 Å². The minimum absolute atomic E-state index is 0.0362. The normalized spacial score (nSPS) is 12.7. The van der Waals surface area contributed by atoms with Gasteiger partial charge in [-0.15, -0.1) is 0 Å². The number of aryl methyl sites for hydroxylation is 2. The molecule has 0 saturated carbocycles. The summed E-state index contributed by atoms with van der Waals surface area (Å²) in [7, 11) is 1.89. The lowest BCUT2D eigenvalue weighted by molar-refractivity contribution is 0.241. The highest BCUT2D eigenvalue weighted by molar-refractivity contribution is 5.82. The molecule has 0 spiro atoms. The van der Waals surface area contributed by atoms with Crippen LogP contribution in [0.1, 0.15) is 56.6 Å². The first kappa shape index (κ1) is 19.3. The van der Waals surface area contributed by atoms with Crippen LogP contribution in [0.4, 0.5) is 5.82 Å². The van der Waals surface area contributed by atoms with Crippen LogP contribution in [0.2, 0.25) is 0 Å². The molecule has 0 amide bonds. The highest BCUT2D eigenvalue weighted by Crippen LogP contribution is 2.32. The van der Waals surface area contributed by atoms with E-state index in [1.165, 1.54) is 0 Å². The highest BCUT2D eigenvalue weighted by atomic mass is 16.3. The Morgan fingerprint density at radius 1 is 1.15 bits per heavy atom. The van der Waals surface area contributed by atoms with E-state index >= 15 is 0 Å². The average Bonchev–Trinajstić information content (AvgIpc) is 3.01. The Hall–Kier alpha value is -2.47. The van der Waals surface area contributed by atoms with Crippen LogP contribution in [0.25, 0.3) is 22.4 Å². The number of hydrogen-bond acceptors (Lipinski definition) is 5. The van der Waals surface area contributed by atoms with Crippen molar-refractivity contribution in [2.45, 2.75) is 53.0 Å². The highest BCUT2D eigenvalue weighted by Gasteiger charge is 2.19. The molecule has 0 bridgehead atoms. The summed E-state index contributed by atoms with van der Waals surface area (Å²) in [5.41, 5.74) is 6.58. The van der Waals surface area contributed by atoms with Gasteiger partial charge in [-0.05, 0) is 43.9 Å². The van der Waals surface area contributed by atoms with Gasteiger partial charge in [-0.25, -0.2) is 15.0 Å². The third-order valence-electron chi connectivity index (χ3n) is 4.97. The van der Waals surface area contributed by atoms with Crippen molar-refractivity contribution in [3.8, 4) is 11.3 Å². The third-order valence-corrected chi connectivity index (χ3v) is 4.97. The van der Waals surface area contributed by atoms with Crippen LogP contribution < -0.4 is 5.32 Å². The van der Waals surface area contributed by atoms with E-state index in [1.54, 1.807) is 0 Å². The second-order valence-electron chi connectivity index (χ2n) is 7.33. The van der Waals surface area contributed by atoms with Gasteiger partial charge in [0.05, 0.1) is 24.0 Å². The van der Waals surface area contributed by atoms with Crippen LogP contribution >= 0.6 is 0 Å². The predicted octanol–water partition coefficient (Wildman–Crippen LogP) is 4.08. The Kier molecular flexibility index (Phi) is 5.46. The van der Waals surface area contributed by atoms with Crippen molar-refractivity contribution in [1.29, 1.82) is 0 Å². The van der Waals surface area contributed by atoms with Crippen molar-refractivity contribution in [2.75, 3.05) is 19.0 Å². The lowest BCUT2D eigenvalue weighted by Gasteiger charge is -2.15. The number of aliphatic hydroxyl groups is 1. The molecule has 2 N–H and O–H groups in total. The summed E-state index contributed by atoms with van der Waals surface area (Å²) in [6, 6.07) is 4.12. The molecule has 6 nitrogen and oxygen atoms in total. The SMILES string of the molecule is CCc1nc2c(nc1-c1ccc(C(C)C)nc1NC)c(C)cn2[C@@H](C)CO. The first-order valence-electron chi connectivity index (χ1n) is 9.59. The maximum atomic E-state index is 9.57. The molecule has 0 aliphatic heterocycles. The number of nitrogens with zero attached hydrogens (tertiary/aromatic N) is 4. The number of nitrogens with one attached hydrogen (secondary N) is 1. The third kappa shape index (κ3) is 3.41. The Bertz CT molecular complexity index is 961. The molecular weight excluding hydrogens is 338 g/mol. The lowest BCUT2D eigenvalue weighted by Crippen LogP contribution is -2.10. The zero-order valence-corrected chi connectivity index (χ0v) is 17.0. The molecule has 0 radical (unpaired) electrons. The molecule has 6 heteroatoms. The van der Waals surface area contributed by atoms with Crippen molar-refractivity contribution in [3.63, 3.8) is 0 Å². The van der Waals surface area contributed by atoms with Crippen molar-refractivity contribution in [3.05, 3.63) is 35.3 Å². The summed E-state index contributed by atoms with van der Waals surface area (Å²) in [5, 5.41) is 12.8. The Labute approximate surface area is 160 Å². The smallest absolute Gasteiger partial charge is 0.159 e. The second kappa shape index (κ2) is 7.64. The maximum absolute atomic E-state index is 9.57. The first-order valence-corrected chi connectivity index (χ1v) is 9.59. The molecule has 3 rings (SSSR count). The number of rotatable bonds is 6. The predicted molar refractivity (Wildman–Crippen MR) is 110 cm³/mol. The molecule has 0 aliphatic rings. The van der Waals surface area contributed by atoms with E-state index in [4.69, 9.17) is 15.0 Å². The van der Waals surface area contributed by atoms with Gasteiger partial charge in [-0.2, -0.15) is 0 Å². The fourth-order valence-electron chi connectivity index (χ4n) is 3.30. The Morgan fingerprint density at radius 3 is 2.48 bits per heavy atom. The van der Waals surface area contributed by atoms with Gasteiger partial charge in [-0.1, -0.05) is 20.8 Å². The standard InChI is InChI=1S/C21H29N5O/c1-7-16-19(15-8-9-17(12(2)3)23-20(15)22-6)25-18-13(4)10-26(14(5)11-27)21(18)24-16/h8-10,12,14,27H,7,11H2,1-6H3,(H,22,23)/t14-/m0/s1. The number of hydrogen-bond donors (Lipinski definition) is 2. The van der Waals surface area contributed by atoms with Gasteiger partial charge in [0.1, 0.15) is 11.3 Å². The largest absolute Gasteiger partial charge is 0.394 e. The van der Waals surface area contributed by atoms with Gasteiger partial charge in [0.2, 0.25) is 0 Å². The Balaban J connectivity index is 2.25. The zero-order chi connectivity index (χ0) is 19.7. The number of pyridine rings is 1. The van der Waals surface area contributed by atoms with Crippen LogP contribution in [0, 0.1) is 6.92 Å². The van der Waals surface area contributed by atoms with E-state index < -0.39 is 0 Å². The van der Waals surface area contributed by atoms with E-state index in [1.807, 2.05) is 31.7 Å². The fourth-order valence-corrected chi connectivity index (χ4v) is 3.30. The lowest BCUT2D eigenvalue weighted by atomic mass is 10.0. The number of anilines is 1. The summed E-state index contributed by atoms with van der Waals surface area (Å²) in [5.74, 6) is 1.19. The number of aliphatic hydroxyl groups excluding tert-OH is 1. The van der Waals surface area contributed by atoms with Crippen LogP contribution in [0.3, 0.4) is 0 Å². The number of fused-ring (bicyclic) bond motifs is 1. The van der Waals surface area contributed by atoms with E-state index in [0.29, 0.717) is 5.92 Å². The minimum atomic E-state index is -0.0362. The minimum Gasteiger partial charge on any atom is -0.394 e. The molecule has 144 valence electrons. The Morgan fingerprint density at radius 2 is 1.89 bits per heavy atom. The molecule has 0 unspecified atom stereocenters. The van der Waals surface area contributed by atoms with E-state index in [9.17, 15) is 5.11 Å². The summed E-state index contributed by atoms with van der Waals surface area (Å²) in [6.45, 7) is 10.4. The van der Waals surface area contributed by atoms with Gasteiger partial charge in [0.15, 0.2) is 5.65 Å². The van der Waals surface area contributed by atoms with Gasteiger partial charge < -0.3 is 15.0 Å². The molecule has 1 atom stereocenters. The summed E-state index contributed by atoms with van der Waals surface area (Å²) in [6.07, 6.45) is 2.79. The second-order valence-corrected chi connectivity index (χ2v) is 7.33. The van der Waals surface area contributed by atoms with Gasteiger partial charge in [-0.3, -0.25) is 0 Å². The molecular formula is C21H29N5O. The summed E-state index contributed by atoms with van der Waals surface area (Å²) < 4.78 is 2.01. The topological polar surface area (TPSA) is 75.9 Å². The van der Waals surface area contributed by atoms with Crippen molar-refractivity contribution in [2.24, 2.45) is 0 Å². The van der Waals surface area contributed by atoms with Crippen molar-refractivity contribution in [1.82, 2.24) is 19.5 Å². The monoisotopic (exact) mass is 367 g/mol. The molecule has 0 fully saturated rings. The summed E-state index contributed by atoms with van der Waals surface area (Å²) in [4.78, 5) is 14.7. The molecule has 0 saturated heterocycles. The maximum Gasteiger partial charge on any atom is 0.159 e. The van der Waals surface area contributed by atoms with Gasteiger partial charge in [0.25, 0.3) is 0 Å². The molecule has 27 heavy (non-hydrogen) atoms. The van der Waals surface area contributed by atoms with Crippen LogP contribution in [0.15, 0.2) is 18.3 Å². The van der Waals surface area contributed by atoms with E-state index in [-0.39, 0.29) is 12.6 Å². The quantitative estimate of drug-likeness (QED) is 0.686. The summed E-state index contributed by atoms with van der Waals surface area (Å²) >= 11 is 0. The van der Waals surface area contributed by atoms with E-state index in [2.05, 4.69) is 38.2 Å². The number of aromatic nitrogens is 4. The van der Waals surface area contributed by atoms with Gasteiger partial charge in [0, 0.05) is 24.5 Å². The molecule has 3 aromatic rings. The van der Waals surface area contributed by atoms with Crippen molar-refractivity contribution >= 4 is 17.0 Å². The molecule has 3 heterocycles. The molecule has 0 aliphatic carbocycles.